The van der Waals surface area contributed by atoms with Crippen LogP contribution in [0.25, 0.3) is 11.4 Å². The maximum absolute atomic E-state index is 12.3. The number of halogens is 4. The minimum Gasteiger partial charge on any atom is -0.254 e. The van der Waals surface area contributed by atoms with Gasteiger partial charge in [0, 0.05) is 11.6 Å². The van der Waals surface area contributed by atoms with Crippen LogP contribution >= 0.6 is 27.3 Å². The Morgan fingerprint density at radius 3 is 2.38 bits per heavy atom. The molecule has 84 valence electrons. The first-order valence-corrected chi connectivity index (χ1v) is 5.79. The smallest absolute Gasteiger partial charge is 0.254 e. The maximum Gasteiger partial charge on any atom is 0.417 e. The van der Waals surface area contributed by atoms with Crippen molar-refractivity contribution in [2.45, 2.75) is 6.18 Å². The number of thiazole rings is 1. The maximum atomic E-state index is 12.3. The van der Waals surface area contributed by atoms with Crippen molar-refractivity contribution in [1.82, 2.24) is 9.97 Å². The van der Waals surface area contributed by atoms with Gasteiger partial charge in [-0.3, -0.25) is 4.98 Å². The van der Waals surface area contributed by atoms with Gasteiger partial charge in [0.05, 0.1) is 11.3 Å². The highest BCUT2D eigenvalue weighted by atomic mass is 79.9. The number of hydrogen-bond acceptors (Lipinski definition) is 3. The summed E-state index contributed by atoms with van der Waals surface area (Å²) in [6.45, 7) is 0. The molecule has 0 aromatic carbocycles. The van der Waals surface area contributed by atoms with Crippen molar-refractivity contribution in [2.75, 3.05) is 0 Å². The summed E-state index contributed by atoms with van der Waals surface area (Å²) in [6, 6.07) is 2.31. The number of pyridine rings is 1. The molecular weight excluding hydrogens is 305 g/mol. The minimum atomic E-state index is -4.35. The molecule has 2 nitrogen and oxygen atoms in total. The second-order valence-electron chi connectivity index (χ2n) is 2.92. The van der Waals surface area contributed by atoms with Crippen LogP contribution in [0.1, 0.15) is 5.56 Å². The molecule has 2 heterocycles. The molecule has 0 atom stereocenters. The largest absolute Gasteiger partial charge is 0.417 e. The molecule has 2 aromatic rings. The van der Waals surface area contributed by atoms with Gasteiger partial charge in [0.15, 0.2) is 3.92 Å². The van der Waals surface area contributed by atoms with Crippen molar-refractivity contribution in [1.29, 1.82) is 0 Å². The van der Waals surface area contributed by atoms with Gasteiger partial charge in [-0.2, -0.15) is 13.2 Å². The van der Waals surface area contributed by atoms with E-state index in [-0.39, 0.29) is 0 Å². The molecule has 0 N–H and O–H groups in total. The number of aromatic nitrogens is 2. The number of hydrogen-bond donors (Lipinski definition) is 0. The molecule has 0 aliphatic carbocycles. The van der Waals surface area contributed by atoms with E-state index in [0.717, 1.165) is 12.3 Å². The normalized spacial score (nSPS) is 11.8. The van der Waals surface area contributed by atoms with Crippen molar-refractivity contribution < 1.29 is 13.2 Å². The zero-order valence-electron chi connectivity index (χ0n) is 7.62. The van der Waals surface area contributed by atoms with E-state index < -0.39 is 11.7 Å². The molecular formula is C9H4BrF3N2S. The fraction of sp³-hybridized carbons (Fsp3) is 0.111. The quantitative estimate of drug-likeness (QED) is 0.796. The van der Waals surface area contributed by atoms with Gasteiger partial charge in [0.2, 0.25) is 0 Å². The molecule has 0 aliphatic heterocycles. The van der Waals surface area contributed by atoms with Crippen LogP contribution in [0.4, 0.5) is 13.2 Å². The zero-order valence-corrected chi connectivity index (χ0v) is 10.0. The molecule has 0 saturated carbocycles. The predicted octanol–water partition coefficient (Wildman–Crippen LogP) is 3.99. The summed E-state index contributed by atoms with van der Waals surface area (Å²) < 4.78 is 37.5. The van der Waals surface area contributed by atoms with E-state index in [2.05, 4.69) is 25.9 Å². The SMILES string of the molecule is FC(F)(F)c1ccc(-c2csc(Br)n2)nc1. The van der Waals surface area contributed by atoms with Crippen LogP contribution in [0.3, 0.4) is 0 Å². The van der Waals surface area contributed by atoms with Crippen molar-refractivity contribution in [3.05, 3.63) is 33.2 Å². The monoisotopic (exact) mass is 308 g/mol. The van der Waals surface area contributed by atoms with E-state index >= 15 is 0 Å². The highest BCUT2D eigenvalue weighted by molar-refractivity contribution is 9.11. The van der Waals surface area contributed by atoms with Gasteiger partial charge < -0.3 is 0 Å². The minimum absolute atomic E-state index is 0.426. The third kappa shape index (κ3) is 2.41. The first-order chi connectivity index (χ1) is 7.47. The summed E-state index contributed by atoms with van der Waals surface area (Å²) in [6.07, 6.45) is -3.54. The second-order valence-corrected chi connectivity index (χ2v) is 5.05. The average Bonchev–Trinajstić information content (AvgIpc) is 2.64. The lowest BCUT2D eigenvalue weighted by Gasteiger charge is -2.05. The molecule has 0 saturated heterocycles. The van der Waals surface area contributed by atoms with Gasteiger partial charge in [0.1, 0.15) is 5.69 Å². The zero-order chi connectivity index (χ0) is 11.8. The van der Waals surface area contributed by atoms with Gasteiger partial charge in [-0.1, -0.05) is 0 Å². The fourth-order valence-corrected chi connectivity index (χ4v) is 2.09. The molecule has 0 amide bonds. The molecule has 0 bridgehead atoms. The Morgan fingerprint density at radius 2 is 1.94 bits per heavy atom. The van der Waals surface area contributed by atoms with Gasteiger partial charge in [-0.25, -0.2) is 4.98 Å². The van der Waals surface area contributed by atoms with Crippen molar-refractivity contribution in [3.63, 3.8) is 0 Å². The molecule has 0 spiro atoms. The summed E-state index contributed by atoms with van der Waals surface area (Å²) in [5.74, 6) is 0. The Morgan fingerprint density at radius 1 is 1.19 bits per heavy atom. The highest BCUT2D eigenvalue weighted by Gasteiger charge is 2.30. The lowest BCUT2D eigenvalue weighted by molar-refractivity contribution is -0.137. The van der Waals surface area contributed by atoms with Crippen LogP contribution in [-0.4, -0.2) is 9.97 Å². The molecule has 7 heteroatoms. The van der Waals surface area contributed by atoms with Crippen LogP contribution in [-0.2, 0) is 6.18 Å². The highest BCUT2D eigenvalue weighted by Crippen LogP contribution is 2.30. The Balaban J connectivity index is 2.33. The van der Waals surface area contributed by atoms with Crippen molar-refractivity contribution in [3.8, 4) is 11.4 Å². The van der Waals surface area contributed by atoms with Gasteiger partial charge in [0.25, 0.3) is 0 Å². The van der Waals surface area contributed by atoms with Crippen LogP contribution < -0.4 is 0 Å². The van der Waals surface area contributed by atoms with E-state index in [4.69, 9.17) is 0 Å². The van der Waals surface area contributed by atoms with Gasteiger partial charge >= 0.3 is 6.18 Å². The molecule has 2 aromatic heterocycles. The van der Waals surface area contributed by atoms with E-state index in [1.807, 2.05) is 0 Å². The van der Waals surface area contributed by atoms with Gasteiger partial charge in [-0.15, -0.1) is 11.3 Å². The van der Waals surface area contributed by atoms with Gasteiger partial charge in [-0.05, 0) is 28.1 Å². The molecule has 16 heavy (non-hydrogen) atoms. The summed E-state index contributed by atoms with van der Waals surface area (Å²) >= 11 is 4.53. The Bertz CT molecular complexity index is 492. The first kappa shape index (κ1) is 11.5. The second kappa shape index (κ2) is 4.14. The lowest BCUT2D eigenvalue weighted by atomic mass is 10.2. The Kier molecular flexibility index (Phi) is 2.98. The third-order valence-corrected chi connectivity index (χ3v) is 3.19. The number of alkyl halides is 3. The topological polar surface area (TPSA) is 25.8 Å². The number of rotatable bonds is 1. The fourth-order valence-electron chi connectivity index (χ4n) is 1.08. The molecule has 0 aliphatic rings. The predicted molar refractivity (Wildman–Crippen MR) is 58.0 cm³/mol. The average molecular weight is 309 g/mol. The molecule has 0 radical (unpaired) electrons. The molecule has 0 unspecified atom stereocenters. The standard InChI is InChI=1S/C9H4BrF3N2S/c10-8-15-7(4-16-8)6-2-1-5(3-14-6)9(11,12)13/h1-4H. The lowest BCUT2D eigenvalue weighted by Crippen LogP contribution is -2.05. The van der Waals surface area contributed by atoms with E-state index in [1.165, 1.54) is 17.4 Å². The molecule has 2 rings (SSSR count). The summed E-state index contributed by atoms with van der Waals surface area (Å²) in [5.41, 5.74) is 0.228. The van der Waals surface area contributed by atoms with E-state index in [1.54, 1.807) is 5.38 Å². The van der Waals surface area contributed by atoms with Crippen LogP contribution in [0.2, 0.25) is 0 Å². The van der Waals surface area contributed by atoms with E-state index in [9.17, 15) is 13.2 Å². The van der Waals surface area contributed by atoms with Crippen molar-refractivity contribution >= 4 is 27.3 Å². The van der Waals surface area contributed by atoms with Crippen LogP contribution in [0.15, 0.2) is 27.6 Å². The first-order valence-electron chi connectivity index (χ1n) is 4.11. The Hall–Kier alpha value is -0.950. The summed E-state index contributed by atoms with van der Waals surface area (Å²) in [5, 5.41) is 1.72. The van der Waals surface area contributed by atoms with Crippen LogP contribution in [0, 0.1) is 0 Å². The third-order valence-electron chi connectivity index (χ3n) is 1.83. The molecule has 0 fully saturated rings. The Labute approximate surface area is 101 Å². The summed E-state index contributed by atoms with van der Waals surface area (Å²) in [7, 11) is 0. The number of nitrogens with zero attached hydrogens (tertiary/aromatic N) is 2. The van der Waals surface area contributed by atoms with E-state index in [0.29, 0.717) is 15.3 Å². The summed E-state index contributed by atoms with van der Waals surface area (Å²) in [4.78, 5) is 7.80. The van der Waals surface area contributed by atoms with Crippen molar-refractivity contribution in [2.24, 2.45) is 0 Å². The van der Waals surface area contributed by atoms with Crippen LogP contribution in [0.5, 0.6) is 0 Å².